The summed E-state index contributed by atoms with van der Waals surface area (Å²) in [4.78, 5) is 17.7. The molecule has 1 aliphatic rings. The molecule has 1 rings (SSSR count). The van der Waals surface area contributed by atoms with Crippen molar-refractivity contribution in [3.05, 3.63) is 0 Å². The lowest BCUT2D eigenvalue weighted by molar-refractivity contribution is -0.140. The largest absolute Gasteiger partial charge is 0.469 e. The van der Waals surface area contributed by atoms with E-state index in [2.05, 4.69) is 19.9 Å². The summed E-state index contributed by atoms with van der Waals surface area (Å²) >= 11 is 0. The second kappa shape index (κ2) is 16.8. The normalized spacial score (nSPS) is 15.5. The Kier molecular flexibility index (Phi) is 16.4. The van der Waals surface area contributed by atoms with Crippen molar-refractivity contribution >= 4 is 35.9 Å². The fourth-order valence-corrected chi connectivity index (χ4v) is 2.62. The number of ether oxygens (including phenoxy) is 2. The van der Waals surface area contributed by atoms with Crippen LogP contribution in [0.4, 0.5) is 0 Å². The summed E-state index contributed by atoms with van der Waals surface area (Å²) in [6.45, 7) is 6.42. The van der Waals surface area contributed by atoms with Crippen LogP contribution in [-0.2, 0) is 14.3 Å². The van der Waals surface area contributed by atoms with Crippen molar-refractivity contribution in [3.63, 3.8) is 0 Å². The van der Waals surface area contributed by atoms with E-state index in [0.717, 1.165) is 84.5 Å². The number of esters is 1. The summed E-state index contributed by atoms with van der Waals surface area (Å²) in [5.74, 6) is 0.428. The Hall–Kier alpha value is -0.610. The monoisotopic (exact) mass is 470 g/mol. The Bertz CT molecular complexity index is 364. The Morgan fingerprint density at radius 2 is 1.84 bits per heavy atom. The van der Waals surface area contributed by atoms with Crippen LogP contribution in [0.25, 0.3) is 0 Å². The third-order valence-corrected chi connectivity index (χ3v) is 4.11. The third kappa shape index (κ3) is 14.3. The molecule has 3 N–H and O–H groups in total. The smallest absolute Gasteiger partial charge is 0.305 e. The summed E-state index contributed by atoms with van der Waals surface area (Å²) < 4.78 is 9.94. The first-order valence-electron chi connectivity index (χ1n) is 9.13. The van der Waals surface area contributed by atoms with E-state index >= 15 is 0 Å². The molecule has 148 valence electrons. The van der Waals surface area contributed by atoms with Gasteiger partial charge in [-0.15, -0.1) is 24.0 Å². The van der Waals surface area contributed by atoms with Crippen molar-refractivity contribution in [2.75, 3.05) is 53.0 Å². The van der Waals surface area contributed by atoms with Crippen molar-refractivity contribution in [2.45, 2.75) is 44.9 Å². The van der Waals surface area contributed by atoms with Gasteiger partial charge in [0.25, 0.3) is 0 Å². The number of unbranched alkanes of at least 4 members (excludes halogenated alkanes) is 4. The van der Waals surface area contributed by atoms with Gasteiger partial charge in [0.1, 0.15) is 0 Å². The molecular formula is C17H35IN4O3. The maximum absolute atomic E-state index is 11.0. The Labute approximate surface area is 169 Å². The lowest BCUT2D eigenvalue weighted by atomic mass is 10.1. The molecule has 0 bridgehead atoms. The molecule has 0 unspecified atom stereocenters. The van der Waals surface area contributed by atoms with Crippen LogP contribution in [0.2, 0.25) is 0 Å². The molecule has 0 radical (unpaired) electrons. The summed E-state index contributed by atoms with van der Waals surface area (Å²) in [5.41, 5.74) is 5.86. The lowest BCUT2D eigenvalue weighted by Crippen LogP contribution is -2.37. The van der Waals surface area contributed by atoms with Crippen LogP contribution < -0.4 is 11.1 Å². The van der Waals surface area contributed by atoms with Crippen molar-refractivity contribution < 1.29 is 14.3 Å². The fourth-order valence-electron chi connectivity index (χ4n) is 2.62. The number of nitrogens with one attached hydrogen (secondary N) is 1. The number of morpholine rings is 1. The summed E-state index contributed by atoms with van der Waals surface area (Å²) in [7, 11) is 1.43. The number of hydrogen-bond acceptors (Lipinski definition) is 5. The zero-order chi connectivity index (χ0) is 17.5. The van der Waals surface area contributed by atoms with E-state index in [1.54, 1.807) is 0 Å². The number of rotatable bonds is 12. The molecule has 0 saturated carbocycles. The van der Waals surface area contributed by atoms with Crippen molar-refractivity contribution in [3.8, 4) is 0 Å². The van der Waals surface area contributed by atoms with Crippen LogP contribution in [0.5, 0.6) is 0 Å². The van der Waals surface area contributed by atoms with Gasteiger partial charge in [0.05, 0.1) is 20.3 Å². The number of hydrogen-bond donors (Lipinski definition) is 2. The van der Waals surface area contributed by atoms with Crippen LogP contribution in [0.3, 0.4) is 0 Å². The first-order valence-corrected chi connectivity index (χ1v) is 9.13. The number of nitrogens with two attached hydrogens (primary N) is 1. The highest BCUT2D eigenvalue weighted by Gasteiger charge is 2.08. The zero-order valence-electron chi connectivity index (χ0n) is 15.5. The van der Waals surface area contributed by atoms with Crippen LogP contribution in [-0.4, -0.2) is 69.9 Å². The van der Waals surface area contributed by atoms with Crippen LogP contribution in [0.1, 0.15) is 44.9 Å². The van der Waals surface area contributed by atoms with E-state index in [-0.39, 0.29) is 29.9 Å². The molecule has 0 aromatic carbocycles. The second-order valence-electron chi connectivity index (χ2n) is 6.10. The van der Waals surface area contributed by atoms with Crippen molar-refractivity contribution in [1.82, 2.24) is 10.2 Å². The molecule has 1 fully saturated rings. The van der Waals surface area contributed by atoms with E-state index in [9.17, 15) is 4.79 Å². The zero-order valence-corrected chi connectivity index (χ0v) is 17.8. The molecule has 0 aromatic rings. The van der Waals surface area contributed by atoms with E-state index < -0.39 is 0 Å². The van der Waals surface area contributed by atoms with Crippen LogP contribution in [0.15, 0.2) is 4.99 Å². The van der Waals surface area contributed by atoms with Gasteiger partial charge in [-0.1, -0.05) is 19.3 Å². The van der Waals surface area contributed by atoms with Gasteiger partial charge in [-0.3, -0.25) is 14.7 Å². The molecule has 7 nitrogen and oxygen atoms in total. The molecule has 1 saturated heterocycles. The SMILES string of the molecule is COC(=O)CCCCCCCNC(N)=NCCCN1CCOCC1.I. The molecule has 1 aliphatic heterocycles. The standard InChI is InChI=1S/C17H34N4O3.HI/c1-23-16(22)8-5-3-2-4-6-9-19-17(18)20-10-7-11-21-12-14-24-15-13-21;/h2-15H2,1H3,(H3,18,19,20);1H. The van der Waals surface area contributed by atoms with E-state index in [0.29, 0.717) is 12.4 Å². The number of aliphatic imine (C=N–C) groups is 1. The number of methoxy groups -OCH3 is 1. The van der Waals surface area contributed by atoms with Gasteiger partial charge in [-0.25, -0.2) is 0 Å². The molecule has 25 heavy (non-hydrogen) atoms. The average Bonchev–Trinajstić information content (AvgIpc) is 2.61. The van der Waals surface area contributed by atoms with Crippen molar-refractivity contribution in [1.29, 1.82) is 0 Å². The van der Waals surface area contributed by atoms with Gasteiger partial charge >= 0.3 is 5.97 Å². The summed E-state index contributed by atoms with van der Waals surface area (Å²) in [6, 6.07) is 0. The molecule has 0 aromatic heterocycles. The van der Waals surface area contributed by atoms with Crippen molar-refractivity contribution in [2.24, 2.45) is 10.7 Å². The maximum atomic E-state index is 11.0. The molecule has 0 aliphatic carbocycles. The molecule has 8 heteroatoms. The van der Waals surface area contributed by atoms with Gasteiger partial charge < -0.3 is 20.5 Å². The molecule has 0 amide bonds. The van der Waals surface area contributed by atoms with E-state index in [1.807, 2.05) is 0 Å². The third-order valence-electron chi connectivity index (χ3n) is 4.11. The highest BCUT2D eigenvalue weighted by molar-refractivity contribution is 14.0. The van der Waals surface area contributed by atoms with Gasteiger partial charge in [0, 0.05) is 39.1 Å². The van der Waals surface area contributed by atoms with Crippen LogP contribution in [0, 0.1) is 0 Å². The Morgan fingerprint density at radius 1 is 1.16 bits per heavy atom. The highest BCUT2D eigenvalue weighted by atomic mass is 127. The highest BCUT2D eigenvalue weighted by Crippen LogP contribution is 2.05. The maximum Gasteiger partial charge on any atom is 0.305 e. The summed E-state index contributed by atoms with van der Waals surface area (Å²) in [6.07, 6.45) is 6.88. The summed E-state index contributed by atoms with van der Waals surface area (Å²) in [5, 5.41) is 3.16. The van der Waals surface area contributed by atoms with Gasteiger partial charge in [-0.05, 0) is 19.3 Å². The number of nitrogens with zero attached hydrogens (tertiary/aromatic N) is 2. The minimum absolute atomic E-state index is 0. The average molecular weight is 470 g/mol. The van der Waals surface area contributed by atoms with Crippen LogP contribution >= 0.6 is 24.0 Å². The first kappa shape index (κ1) is 24.4. The van der Waals surface area contributed by atoms with Gasteiger partial charge in [0.15, 0.2) is 5.96 Å². The molecule has 0 atom stereocenters. The minimum Gasteiger partial charge on any atom is -0.469 e. The number of carbonyl (C=O) groups excluding carboxylic acids is 1. The topological polar surface area (TPSA) is 89.2 Å². The number of carbonyl (C=O) groups is 1. The Morgan fingerprint density at radius 3 is 2.56 bits per heavy atom. The van der Waals surface area contributed by atoms with Gasteiger partial charge in [0.2, 0.25) is 0 Å². The fraction of sp³-hybridized carbons (Fsp3) is 0.882. The first-order chi connectivity index (χ1) is 11.7. The molecular weight excluding hydrogens is 435 g/mol. The molecule has 1 heterocycles. The molecule has 0 spiro atoms. The minimum atomic E-state index is -0.116. The number of halogens is 1. The predicted octanol–water partition coefficient (Wildman–Crippen LogP) is 1.74. The lowest BCUT2D eigenvalue weighted by Gasteiger charge is -2.26. The Balaban J connectivity index is 0.00000576. The predicted molar refractivity (Wildman–Crippen MR) is 112 cm³/mol. The quantitative estimate of drug-likeness (QED) is 0.149. The second-order valence-corrected chi connectivity index (χ2v) is 6.10. The number of guanidine groups is 1. The van der Waals surface area contributed by atoms with Gasteiger partial charge in [-0.2, -0.15) is 0 Å². The van der Waals surface area contributed by atoms with E-state index in [4.69, 9.17) is 10.5 Å². The van der Waals surface area contributed by atoms with E-state index in [1.165, 1.54) is 7.11 Å².